The average molecular weight is 485 g/mol. The lowest BCUT2D eigenvalue weighted by atomic mass is 9.97. The highest BCUT2D eigenvalue weighted by Crippen LogP contribution is 2.29. The van der Waals surface area contributed by atoms with Crippen LogP contribution in [0.3, 0.4) is 0 Å². The summed E-state index contributed by atoms with van der Waals surface area (Å²) < 4.78 is 0. The maximum Gasteiger partial charge on any atom is 0.225 e. The molecule has 1 amide bonds. The molecule has 1 unspecified atom stereocenters. The number of amides is 1. The number of piperazine rings is 1. The quantitative estimate of drug-likeness (QED) is 0.362. The third-order valence-electron chi connectivity index (χ3n) is 7.33. The highest BCUT2D eigenvalue weighted by Gasteiger charge is 2.28. The molecule has 0 saturated carbocycles. The number of carbonyl (C=O) groups is 1. The van der Waals surface area contributed by atoms with Gasteiger partial charge in [0, 0.05) is 55.3 Å². The normalized spacial score (nSPS) is 14.7. The molecule has 1 aliphatic rings. The van der Waals surface area contributed by atoms with Gasteiger partial charge in [0.25, 0.3) is 0 Å². The van der Waals surface area contributed by atoms with Crippen molar-refractivity contribution in [1.82, 2.24) is 14.9 Å². The standard InChI is InChI=1S/C31H40N4O/c1-5-7-15-26(6-2)31(36)35-19-17-34(18-20-35)30-28(22-25-13-9-8-10-14-25)24(4)32-29(33-30)27-16-11-12-23(3)21-27/h8-14,16,21,26H,5-7,15,17-20,22H2,1-4H3. The van der Waals surface area contributed by atoms with Crippen molar-refractivity contribution in [3.8, 4) is 11.4 Å². The van der Waals surface area contributed by atoms with Crippen LogP contribution in [0.5, 0.6) is 0 Å². The molecular weight excluding hydrogens is 444 g/mol. The first-order chi connectivity index (χ1) is 17.5. The van der Waals surface area contributed by atoms with Crippen molar-refractivity contribution in [3.63, 3.8) is 0 Å². The van der Waals surface area contributed by atoms with Crippen LogP contribution in [-0.4, -0.2) is 47.0 Å². The van der Waals surface area contributed by atoms with Crippen molar-refractivity contribution < 1.29 is 4.79 Å². The lowest BCUT2D eigenvalue weighted by molar-refractivity contribution is -0.136. The second kappa shape index (κ2) is 12.2. The first kappa shape index (κ1) is 25.9. The molecule has 1 aliphatic heterocycles. The SMILES string of the molecule is CCCCC(CC)C(=O)N1CCN(c2nc(-c3cccc(C)c3)nc(C)c2Cc2ccccc2)CC1. The van der Waals surface area contributed by atoms with Gasteiger partial charge in [-0.15, -0.1) is 0 Å². The summed E-state index contributed by atoms with van der Waals surface area (Å²) in [5.74, 6) is 2.26. The predicted molar refractivity (Wildman–Crippen MR) is 148 cm³/mol. The first-order valence-electron chi connectivity index (χ1n) is 13.5. The van der Waals surface area contributed by atoms with Crippen LogP contribution in [0.25, 0.3) is 11.4 Å². The van der Waals surface area contributed by atoms with E-state index in [0.29, 0.717) is 5.91 Å². The van der Waals surface area contributed by atoms with Crippen molar-refractivity contribution in [2.75, 3.05) is 31.1 Å². The minimum Gasteiger partial charge on any atom is -0.353 e. The second-order valence-electron chi connectivity index (χ2n) is 10.0. The van der Waals surface area contributed by atoms with E-state index >= 15 is 0 Å². The third-order valence-corrected chi connectivity index (χ3v) is 7.33. The van der Waals surface area contributed by atoms with Crippen LogP contribution in [-0.2, 0) is 11.2 Å². The number of aromatic nitrogens is 2. The lowest BCUT2D eigenvalue weighted by Crippen LogP contribution is -2.51. The maximum absolute atomic E-state index is 13.2. The number of aryl methyl sites for hydroxylation is 2. The van der Waals surface area contributed by atoms with Gasteiger partial charge in [0.15, 0.2) is 5.82 Å². The molecule has 5 nitrogen and oxygen atoms in total. The fourth-order valence-electron chi connectivity index (χ4n) is 5.11. The van der Waals surface area contributed by atoms with E-state index in [0.717, 1.165) is 81.2 Å². The number of anilines is 1. The van der Waals surface area contributed by atoms with E-state index in [1.54, 1.807) is 0 Å². The van der Waals surface area contributed by atoms with Crippen molar-refractivity contribution >= 4 is 11.7 Å². The molecule has 1 saturated heterocycles. The molecule has 0 bridgehead atoms. The molecular formula is C31H40N4O. The minimum absolute atomic E-state index is 0.152. The molecule has 0 aliphatic carbocycles. The van der Waals surface area contributed by atoms with Crippen LogP contribution < -0.4 is 4.90 Å². The minimum atomic E-state index is 0.152. The highest BCUT2D eigenvalue weighted by molar-refractivity contribution is 5.79. The topological polar surface area (TPSA) is 49.3 Å². The summed E-state index contributed by atoms with van der Waals surface area (Å²) in [6, 6.07) is 18.9. The van der Waals surface area contributed by atoms with E-state index in [1.807, 2.05) is 0 Å². The van der Waals surface area contributed by atoms with E-state index in [-0.39, 0.29) is 5.92 Å². The molecule has 3 aromatic rings. The lowest BCUT2D eigenvalue weighted by Gasteiger charge is -2.38. The third kappa shape index (κ3) is 6.13. The van der Waals surface area contributed by atoms with E-state index in [4.69, 9.17) is 9.97 Å². The number of nitrogens with zero attached hydrogens (tertiary/aromatic N) is 4. The monoisotopic (exact) mass is 484 g/mol. The van der Waals surface area contributed by atoms with Gasteiger partial charge in [-0.3, -0.25) is 4.79 Å². The Labute approximate surface area is 216 Å². The van der Waals surface area contributed by atoms with Gasteiger partial charge in [0.05, 0.1) is 0 Å². The van der Waals surface area contributed by atoms with Crippen LogP contribution in [0.1, 0.15) is 61.9 Å². The van der Waals surface area contributed by atoms with Gasteiger partial charge in [0.1, 0.15) is 5.82 Å². The number of unbranched alkanes of at least 4 members (excludes halogenated alkanes) is 1. The Morgan fingerprint density at radius 2 is 1.69 bits per heavy atom. The molecule has 0 N–H and O–H groups in total. The summed E-state index contributed by atoms with van der Waals surface area (Å²) in [5.41, 5.74) is 5.69. The Kier molecular flexibility index (Phi) is 8.74. The Hall–Kier alpha value is -3.21. The zero-order valence-electron chi connectivity index (χ0n) is 22.3. The molecule has 1 aromatic heterocycles. The van der Waals surface area contributed by atoms with Crippen LogP contribution in [0.4, 0.5) is 5.82 Å². The Morgan fingerprint density at radius 1 is 0.944 bits per heavy atom. The first-order valence-corrected chi connectivity index (χ1v) is 13.5. The Morgan fingerprint density at radius 3 is 2.36 bits per heavy atom. The molecule has 36 heavy (non-hydrogen) atoms. The molecule has 2 aromatic carbocycles. The van der Waals surface area contributed by atoms with E-state index in [9.17, 15) is 4.79 Å². The van der Waals surface area contributed by atoms with Gasteiger partial charge in [-0.1, -0.05) is 80.8 Å². The van der Waals surface area contributed by atoms with Crippen LogP contribution >= 0.6 is 0 Å². The van der Waals surface area contributed by atoms with E-state index in [2.05, 4.69) is 92.1 Å². The van der Waals surface area contributed by atoms with Gasteiger partial charge < -0.3 is 9.80 Å². The summed E-state index contributed by atoms with van der Waals surface area (Å²) in [5, 5.41) is 0. The maximum atomic E-state index is 13.2. The molecule has 190 valence electrons. The Bertz CT molecular complexity index is 1150. The van der Waals surface area contributed by atoms with Crippen LogP contribution in [0.15, 0.2) is 54.6 Å². The fourth-order valence-corrected chi connectivity index (χ4v) is 5.11. The predicted octanol–water partition coefficient (Wildman–Crippen LogP) is 6.22. The summed E-state index contributed by atoms with van der Waals surface area (Å²) in [4.78, 5) is 27.7. The van der Waals surface area contributed by atoms with Gasteiger partial charge in [-0.05, 0) is 38.3 Å². The van der Waals surface area contributed by atoms with E-state index < -0.39 is 0 Å². The zero-order chi connectivity index (χ0) is 25.5. The molecule has 5 heteroatoms. The second-order valence-corrected chi connectivity index (χ2v) is 10.0. The van der Waals surface area contributed by atoms with E-state index in [1.165, 1.54) is 16.7 Å². The largest absolute Gasteiger partial charge is 0.353 e. The summed E-state index contributed by atoms with van der Waals surface area (Å²) in [7, 11) is 0. The molecule has 1 fully saturated rings. The van der Waals surface area contributed by atoms with Gasteiger partial charge in [0.2, 0.25) is 5.91 Å². The summed E-state index contributed by atoms with van der Waals surface area (Å²) in [6.45, 7) is 11.6. The average Bonchev–Trinajstić information content (AvgIpc) is 2.90. The zero-order valence-corrected chi connectivity index (χ0v) is 22.3. The summed E-state index contributed by atoms with van der Waals surface area (Å²) >= 11 is 0. The molecule has 0 spiro atoms. The van der Waals surface area contributed by atoms with Crippen LogP contribution in [0.2, 0.25) is 0 Å². The van der Waals surface area contributed by atoms with Crippen molar-refractivity contribution in [3.05, 3.63) is 77.0 Å². The van der Waals surface area contributed by atoms with Gasteiger partial charge in [-0.2, -0.15) is 0 Å². The van der Waals surface area contributed by atoms with Crippen molar-refractivity contribution in [2.24, 2.45) is 5.92 Å². The number of hydrogen-bond acceptors (Lipinski definition) is 4. The number of hydrogen-bond donors (Lipinski definition) is 0. The summed E-state index contributed by atoms with van der Waals surface area (Å²) in [6.07, 6.45) is 4.97. The van der Waals surface area contributed by atoms with Gasteiger partial charge in [-0.25, -0.2) is 9.97 Å². The number of rotatable bonds is 9. The Balaban J connectivity index is 1.61. The highest BCUT2D eigenvalue weighted by atomic mass is 16.2. The molecule has 2 heterocycles. The molecule has 0 radical (unpaired) electrons. The number of benzene rings is 2. The molecule has 4 rings (SSSR count). The van der Waals surface area contributed by atoms with Crippen molar-refractivity contribution in [2.45, 2.75) is 59.8 Å². The fraction of sp³-hybridized carbons (Fsp3) is 0.452. The number of carbonyl (C=O) groups excluding carboxylic acids is 1. The molecule has 1 atom stereocenters. The van der Waals surface area contributed by atoms with Gasteiger partial charge >= 0.3 is 0 Å². The van der Waals surface area contributed by atoms with Crippen molar-refractivity contribution in [1.29, 1.82) is 0 Å². The van der Waals surface area contributed by atoms with Crippen LogP contribution in [0, 0.1) is 19.8 Å². The smallest absolute Gasteiger partial charge is 0.225 e.